The molecule has 2 heterocycles. The van der Waals surface area contributed by atoms with Gasteiger partial charge in [-0.25, -0.2) is 0 Å². The van der Waals surface area contributed by atoms with Crippen LogP contribution in [0.4, 0.5) is 5.69 Å². The molecule has 3 rings (SSSR count). The summed E-state index contributed by atoms with van der Waals surface area (Å²) in [7, 11) is 0. The van der Waals surface area contributed by atoms with Gasteiger partial charge in [-0.1, -0.05) is 30.0 Å². The predicted molar refractivity (Wildman–Crippen MR) is 85.6 cm³/mol. The van der Waals surface area contributed by atoms with Crippen molar-refractivity contribution in [2.45, 2.75) is 25.0 Å². The van der Waals surface area contributed by atoms with Crippen molar-refractivity contribution in [2.75, 3.05) is 31.1 Å². The third kappa shape index (κ3) is 3.23. The van der Waals surface area contributed by atoms with Crippen molar-refractivity contribution in [3.8, 4) is 0 Å². The van der Waals surface area contributed by atoms with Crippen LogP contribution in [0.15, 0.2) is 24.3 Å². The maximum absolute atomic E-state index is 12.0. The Labute approximate surface area is 129 Å². The second-order valence-electron chi connectivity index (χ2n) is 5.64. The van der Waals surface area contributed by atoms with Crippen LogP contribution in [-0.4, -0.2) is 47.4 Å². The number of hydrogen-bond acceptors (Lipinski definition) is 4. The highest BCUT2D eigenvalue weighted by Gasteiger charge is 2.31. The van der Waals surface area contributed by atoms with E-state index in [1.165, 1.54) is 23.0 Å². The van der Waals surface area contributed by atoms with Crippen molar-refractivity contribution in [3.05, 3.63) is 29.8 Å². The molecule has 1 amide bonds. The molecule has 1 aromatic carbocycles. The van der Waals surface area contributed by atoms with Crippen LogP contribution in [0.5, 0.6) is 0 Å². The zero-order chi connectivity index (χ0) is 14.8. The highest BCUT2D eigenvalue weighted by atomic mass is 32.2. The van der Waals surface area contributed by atoms with Gasteiger partial charge in [0.05, 0.1) is 0 Å². The monoisotopic (exact) mass is 304 g/mol. The number of hydrogen-bond donors (Lipinski definition) is 0. The molecule has 0 spiro atoms. The van der Waals surface area contributed by atoms with Crippen LogP contribution in [0.2, 0.25) is 0 Å². The molecule has 2 aliphatic heterocycles. The van der Waals surface area contributed by atoms with Crippen molar-refractivity contribution in [1.82, 2.24) is 4.90 Å². The molecule has 2 aliphatic rings. The van der Waals surface area contributed by atoms with Crippen molar-refractivity contribution in [3.63, 3.8) is 0 Å². The lowest BCUT2D eigenvalue weighted by atomic mass is 10.2. The summed E-state index contributed by atoms with van der Waals surface area (Å²) >= 11 is 1.30. The zero-order valence-electron chi connectivity index (χ0n) is 12.2. The molecule has 1 aromatic rings. The first-order valence-corrected chi connectivity index (χ1v) is 8.29. The molecule has 4 nitrogen and oxygen atoms in total. The van der Waals surface area contributed by atoms with Crippen molar-refractivity contribution >= 4 is 28.5 Å². The molecule has 0 saturated carbocycles. The molecule has 0 aliphatic carbocycles. The highest BCUT2D eigenvalue weighted by Crippen LogP contribution is 2.28. The Hall–Kier alpha value is -1.49. The second kappa shape index (κ2) is 6.10. The fourth-order valence-corrected chi connectivity index (χ4v) is 4.10. The number of carbonyl (C=O) groups excluding carboxylic acids is 2. The summed E-state index contributed by atoms with van der Waals surface area (Å²) in [5.41, 5.74) is 2.70. The molecular weight excluding hydrogens is 284 g/mol. The predicted octanol–water partition coefficient (Wildman–Crippen LogP) is 1.93. The average Bonchev–Trinajstić information content (AvgIpc) is 3.00. The lowest BCUT2D eigenvalue weighted by molar-refractivity contribution is -0.127. The quantitative estimate of drug-likeness (QED) is 0.852. The minimum Gasteiger partial charge on any atom is -0.369 e. The first-order valence-electron chi connectivity index (χ1n) is 7.41. The van der Waals surface area contributed by atoms with E-state index in [1.54, 1.807) is 6.92 Å². The molecule has 1 unspecified atom stereocenters. The molecular formula is C16H20N2O2S. The van der Waals surface area contributed by atoms with Crippen LogP contribution in [-0.2, 0) is 16.0 Å². The lowest BCUT2D eigenvalue weighted by Gasteiger charge is -2.23. The van der Waals surface area contributed by atoms with Gasteiger partial charge in [0.15, 0.2) is 5.12 Å². The van der Waals surface area contributed by atoms with Gasteiger partial charge in [-0.05, 0) is 18.1 Å². The van der Waals surface area contributed by atoms with Crippen LogP contribution in [0.25, 0.3) is 0 Å². The van der Waals surface area contributed by atoms with E-state index < -0.39 is 0 Å². The first kappa shape index (κ1) is 14.4. The number of thioether (sulfide) groups is 1. The zero-order valence-corrected chi connectivity index (χ0v) is 13.1. The van der Waals surface area contributed by atoms with E-state index in [2.05, 4.69) is 29.2 Å². The molecule has 21 heavy (non-hydrogen) atoms. The number of nitrogens with zero attached hydrogens (tertiary/aromatic N) is 2. The van der Waals surface area contributed by atoms with Gasteiger partial charge in [0.25, 0.3) is 0 Å². The number of likely N-dealkylation sites (tertiary alicyclic amines) is 1. The fraction of sp³-hybridized carbons (Fsp3) is 0.500. The van der Waals surface area contributed by atoms with E-state index in [1.807, 2.05) is 4.90 Å². The van der Waals surface area contributed by atoms with E-state index in [0.717, 1.165) is 26.1 Å². The number of rotatable bonds is 4. The molecule has 0 bridgehead atoms. The Kier molecular flexibility index (Phi) is 4.19. The molecule has 1 fully saturated rings. The Morgan fingerprint density at radius 1 is 1.29 bits per heavy atom. The van der Waals surface area contributed by atoms with Gasteiger partial charge in [-0.15, -0.1) is 0 Å². The fourth-order valence-electron chi connectivity index (χ4n) is 3.15. The second-order valence-corrected chi connectivity index (χ2v) is 7.12. The standard InChI is InChI=1S/C16H20N2O2S/c1-12(19)21-14-10-16(20)18(11-14)9-8-17-7-6-13-4-2-3-5-15(13)17/h2-5,14H,6-11H2,1H3. The van der Waals surface area contributed by atoms with Crippen LogP contribution in [0.3, 0.4) is 0 Å². The van der Waals surface area contributed by atoms with Gasteiger partial charge in [0.1, 0.15) is 0 Å². The maximum Gasteiger partial charge on any atom is 0.223 e. The van der Waals surface area contributed by atoms with Crippen molar-refractivity contribution in [2.24, 2.45) is 0 Å². The summed E-state index contributed by atoms with van der Waals surface area (Å²) in [6.07, 6.45) is 1.59. The number of benzene rings is 1. The van der Waals surface area contributed by atoms with E-state index in [4.69, 9.17) is 0 Å². The van der Waals surface area contributed by atoms with Gasteiger partial charge >= 0.3 is 0 Å². The Balaban J connectivity index is 1.54. The minimum absolute atomic E-state index is 0.100. The van der Waals surface area contributed by atoms with Gasteiger partial charge in [0.2, 0.25) is 5.91 Å². The number of para-hydroxylation sites is 1. The van der Waals surface area contributed by atoms with Gasteiger partial charge in [0, 0.05) is 50.5 Å². The number of amides is 1. The van der Waals surface area contributed by atoms with Crippen molar-refractivity contribution in [1.29, 1.82) is 0 Å². The van der Waals surface area contributed by atoms with Crippen LogP contribution >= 0.6 is 11.8 Å². The van der Waals surface area contributed by atoms with E-state index in [9.17, 15) is 9.59 Å². The van der Waals surface area contributed by atoms with E-state index >= 15 is 0 Å². The maximum atomic E-state index is 12.0. The van der Waals surface area contributed by atoms with Crippen LogP contribution in [0.1, 0.15) is 18.9 Å². The smallest absolute Gasteiger partial charge is 0.223 e. The highest BCUT2D eigenvalue weighted by molar-refractivity contribution is 8.14. The summed E-state index contributed by atoms with van der Waals surface area (Å²) in [6, 6.07) is 8.48. The molecule has 0 radical (unpaired) electrons. The van der Waals surface area contributed by atoms with E-state index in [-0.39, 0.29) is 16.3 Å². The normalized spacial score (nSPS) is 21.0. The van der Waals surface area contributed by atoms with Gasteiger partial charge in [-0.3, -0.25) is 9.59 Å². The lowest BCUT2D eigenvalue weighted by Crippen LogP contribution is -2.35. The number of anilines is 1. The molecule has 112 valence electrons. The summed E-state index contributed by atoms with van der Waals surface area (Å²) in [5, 5.41) is 0.240. The summed E-state index contributed by atoms with van der Waals surface area (Å²) in [5.74, 6) is 0.182. The van der Waals surface area contributed by atoms with Crippen LogP contribution in [0, 0.1) is 0 Å². The third-order valence-electron chi connectivity index (χ3n) is 4.13. The molecule has 0 aromatic heterocycles. The number of fused-ring (bicyclic) bond motifs is 1. The average molecular weight is 304 g/mol. The largest absolute Gasteiger partial charge is 0.369 e. The third-order valence-corrected chi connectivity index (χ3v) is 5.12. The van der Waals surface area contributed by atoms with Gasteiger partial charge < -0.3 is 9.80 Å². The van der Waals surface area contributed by atoms with E-state index in [0.29, 0.717) is 13.0 Å². The van der Waals surface area contributed by atoms with Crippen LogP contribution < -0.4 is 4.90 Å². The number of carbonyl (C=O) groups is 2. The Bertz CT molecular complexity index is 561. The summed E-state index contributed by atoms with van der Waals surface area (Å²) in [4.78, 5) is 27.4. The molecule has 1 saturated heterocycles. The minimum atomic E-state index is 0.100. The topological polar surface area (TPSA) is 40.6 Å². The molecule has 5 heteroatoms. The van der Waals surface area contributed by atoms with Crippen molar-refractivity contribution < 1.29 is 9.59 Å². The molecule has 0 N–H and O–H groups in total. The Morgan fingerprint density at radius 3 is 2.86 bits per heavy atom. The summed E-state index contributed by atoms with van der Waals surface area (Å²) < 4.78 is 0. The van der Waals surface area contributed by atoms with Gasteiger partial charge in [-0.2, -0.15) is 0 Å². The molecule has 1 atom stereocenters. The Morgan fingerprint density at radius 2 is 2.05 bits per heavy atom. The SMILES string of the molecule is CC(=O)SC1CC(=O)N(CCN2CCc3ccccc32)C1. The summed E-state index contributed by atoms with van der Waals surface area (Å²) in [6.45, 7) is 4.94. The first-order chi connectivity index (χ1) is 10.1.